The normalized spacial score (nSPS) is 10.7. The fraction of sp³-hybridized carbons (Fsp3) is 0.364. The van der Waals surface area contributed by atoms with E-state index >= 15 is 0 Å². The molecule has 0 aliphatic rings. The number of hydrogen-bond acceptors (Lipinski definition) is 4. The summed E-state index contributed by atoms with van der Waals surface area (Å²) in [7, 11) is 4.12. The number of amides is 1. The predicted molar refractivity (Wildman–Crippen MR) is 114 cm³/mol. The summed E-state index contributed by atoms with van der Waals surface area (Å²) in [6.45, 7) is 5.40. The van der Waals surface area contributed by atoms with Gasteiger partial charge in [0.25, 0.3) is 12.4 Å². The molecule has 0 spiro atoms. The first-order chi connectivity index (χ1) is 13.9. The van der Waals surface area contributed by atoms with Gasteiger partial charge in [0.05, 0.1) is 0 Å². The van der Waals surface area contributed by atoms with Crippen molar-refractivity contribution >= 4 is 23.3 Å². The van der Waals surface area contributed by atoms with Crippen molar-refractivity contribution in [2.24, 2.45) is 0 Å². The zero-order chi connectivity index (χ0) is 21.4. The van der Waals surface area contributed by atoms with Crippen molar-refractivity contribution in [3.63, 3.8) is 0 Å². The zero-order valence-electron chi connectivity index (χ0n) is 17.4. The van der Waals surface area contributed by atoms with E-state index in [1.165, 1.54) is 0 Å². The molecule has 0 fully saturated rings. The lowest BCUT2D eigenvalue weighted by molar-refractivity contribution is -0.122. The number of hydrogen-bond donors (Lipinski definition) is 3. The summed E-state index contributed by atoms with van der Waals surface area (Å²) in [6.07, 6.45) is 2.05. The summed E-state index contributed by atoms with van der Waals surface area (Å²) in [5.41, 5.74) is 3.59. The molecule has 7 nitrogen and oxygen atoms in total. The van der Waals surface area contributed by atoms with Crippen LogP contribution in [0.2, 0.25) is 0 Å². The number of aromatic amines is 1. The van der Waals surface area contributed by atoms with E-state index in [1.807, 2.05) is 38.1 Å². The van der Waals surface area contributed by atoms with Gasteiger partial charge in [0, 0.05) is 23.0 Å². The van der Waals surface area contributed by atoms with Gasteiger partial charge in [-0.15, -0.1) is 0 Å². The molecule has 7 heteroatoms. The summed E-state index contributed by atoms with van der Waals surface area (Å²) >= 11 is 0. The molecule has 0 bridgehead atoms. The van der Waals surface area contributed by atoms with E-state index in [9.17, 15) is 4.79 Å². The van der Waals surface area contributed by atoms with Crippen LogP contribution < -0.4 is 5.32 Å². The van der Waals surface area contributed by atoms with Gasteiger partial charge in [0.1, 0.15) is 17.2 Å². The molecule has 3 N–H and O–H groups in total. The molecule has 2 heterocycles. The van der Waals surface area contributed by atoms with Gasteiger partial charge in [-0.3, -0.25) is 9.59 Å². The summed E-state index contributed by atoms with van der Waals surface area (Å²) < 4.78 is 5.71. The Labute approximate surface area is 170 Å². The van der Waals surface area contributed by atoms with Crippen LogP contribution >= 0.6 is 0 Å². The molecule has 156 valence electrons. The number of carboxylic acid groups (broad SMARTS) is 1. The van der Waals surface area contributed by atoms with E-state index in [4.69, 9.17) is 14.3 Å². The molecule has 0 unspecified atom stereocenters. The Morgan fingerprint density at radius 1 is 1.21 bits per heavy atom. The first-order valence-corrected chi connectivity index (χ1v) is 9.57. The maximum atomic E-state index is 12.5. The molecule has 0 saturated carbocycles. The Hall–Kier alpha value is -3.06. The van der Waals surface area contributed by atoms with Crippen molar-refractivity contribution in [1.29, 1.82) is 0 Å². The summed E-state index contributed by atoms with van der Waals surface area (Å²) in [5.74, 6) is 1.69. The zero-order valence-corrected chi connectivity index (χ0v) is 17.4. The minimum absolute atomic E-state index is 0.0426. The SMILES string of the molecule is Cc1ccc(-c2ccc3[nH]c(C(=O)NCCCCN(C)C)c(C)c3c2)o1.O=CO. The highest BCUT2D eigenvalue weighted by atomic mass is 16.3. The van der Waals surface area contributed by atoms with Gasteiger partial charge in [0.2, 0.25) is 0 Å². The molecule has 0 radical (unpaired) electrons. The topological polar surface area (TPSA) is 98.6 Å². The van der Waals surface area contributed by atoms with E-state index in [0.29, 0.717) is 12.2 Å². The summed E-state index contributed by atoms with van der Waals surface area (Å²) in [6, 6.07) is 10.0. The smallest absolute Gasteiger partial charge is 0.290 e. The molecule has 1 aromatic carbocycles. The first-order valence-electron chi connectivity index (χ1n) is 9.57. The van der Waals surface area contributed by atoms with E-state index < -0.39 is 0 Å². The summed E-state index contributed by atoms with van der Waals surface area (Å²) in [5, 5.41) is 11.0. The van der Waals surface area contributed by atoms with Crippen LogP contribution in [-0.4, -0.2) is 54.6 Å². The van der Waals surface area contributed by atoms with Crippen molar-refractivity contribution < 1.29 is 19.1 Å². The number of H-pyrrole nitrogens is 1. The second-order valence-electron chi connectivity index (χ2n) is 7.17. The molecule has 0 aliphatic carbocycles. The highest BCUT2D eigenvalue weighted by Gasteiger charge is 2.15. The molecule has 2 aromatic heterocycles. The first kappa shape index (κ1) is 22.2. The molecule has 3 aromatic rings. The van der Waals surface area contributed by atoms with Crippen LogP contribution in [-0.2, 0) is 4.79 Å². The molecular formula is C22H29N3O4. The number of furan rings is 1. The largest absolute Gasteiger partial charge is 0.483 e. The van der Waals surface area contributed by atoms with Crippen LogP contribution in [0, 0.1) is 13.8 Å². The maximum Gasteiger partial charge on any atom is 0.290 e. The molecule has 3 rings (SSSR count). The Balaban J connectivity index is 0.000000941. The standard InChI is InChI=1S/C21H27N3O2.CH2O2/c1-14-7-10-19(26-14)16-8-9-18-17(13-16)15(2)20(23-18)21(25)22-11-5-6-12-24(3)4;2-1-3/h7-10,13,23H,5-6,11-12H2,1-4H3,(H,22,25);1H,(H,2,3). The minimum Gasteiger partial charge on any atom is -0.483 e. The van der Waals surface area contributed by atoms with Crippen molar-refractivity contribution in [2.45, 2.75) is 26.7 Å². The lowest BCUT2D eigenvalue weighted by Gasteiger charge is -2.09. The number of nitrogens with one attached hydrogen (secondary N) is 2. The number of benzene rings is 1. The van der Waals surface area contributed by atoms with Crippen LogP contribution in [0.5, 0.6) is 0 Å². The third-order valence-electron chi connectivity index (χ3n) is 4.63. The predicted octanol–water partition coefficient (Wildman–Crippen LogP) is 3.82. The fourth-order valence-electron chi connectivity index (χ4n) is 3.14. The van der Waals surface area contributed by atoms with Crippen molar-refractivity contribution in [2.75, 3.05) is 27.2 Å². The number of aromatic nitrogens is 1. The maximum absolute atomic E-state index is 12.5. The number of fused-ring (bicyclic) bond motifs is 1. The lowest BCUT2D eigenvalue weighted by Crippen LogP contribution is -2.26. The molecule has 29 heavy (non-hydrogen) atoms. The molecular weight excluding hydrogens is 370 g/mol. The number of aryl methyl sites for hydroxylation is 2. The Bertz CT molecular complexity index is 956. The number of rotatable bonds is 7. The van der Waals surface area contributed by atoms with Crippen LogP contribution in [0.4, 0.5) is 0 Å². The van der Waals surface area contributed by atoms with Crippen molar-refractivity contribution in [3.8, 4) is 11.3 Å². The van der Waals surface area contributed by atoms with Gasteiger partial charge in [-0.2, -0.15) is 0 Å². The third-order valence-corrected chi connectivity index (χ3v) is 4.63. The lowest BCUT2D eigenvalue weighted by atomic mass is 10.1. The number of nitrogens with zero attached hydrogens (tertiary/aromatic N) is 1. The highest BCUT2D eigenvalue weighted by Crippen LogP contribution is 2.29. The average molecular weight is 399 g/mol. The monoisotopic (exact) mass is 399 g/mol. The molecule has 1 amide bonds. The number of unbranched alkanes of at least 4 members (excludes halogenated alkanes) is 1. The highest BCUT2D eigenvalue weighted by molar-refractivity contribution is 6.01. The number of carbonyl (C=O) groups is 2. The van der Waals surface area contributed by atoms with Gasteiger partial charge in [0.15, 0.2) is 0 Å². The second kappa shape index (κ2) is 10.5. The Kier molecular flexibility index (Phi) is 8.03. The van der Waals surface area contributed by atoms with Crippen LogP contribution in [0.3, 0.4) is 0 Å². The van der Waals surface area contributed by atoms with Crippen LogP contribution in [0.1, 0.15) is 34.7 Å². The average Bonchev–Trinajstić information content (AvgIpc) is 3.25. The van der Waals surface area contributed by atoms with E-state index in [-0.39, 0.29) is 12.4 Å². The molecule has 0 atom stereocenters. The molecule has 0 aliphatic heterocycles. The Morgan fingerprint density at radius 2 is 1.93 bits per heavy atom. The van der Waals surface area contributed by atoms with Gasteiger partial charge in [-0.1, -0.05) is 0 Å². The van der Waals surface area contributed by atoms with E-state index in [0.717, 1.165) is 52.9 Å². The van der Waals surface area contributed by atoms with E-state index in [2.05, 4.69) is 35.4 Å². The van der Waals surface area contributed by atoms with Gasteiger partial charge < -0.3 is 24.7 Å². The fourth-order valence-corrected chi connectivity index (χ4v) is 3.14. The number of carbonyl (C=O) groups excluding carboxylic acids is 1. The quantitative estimate of drug-likeness (QED) is 0.414. The summed E-state index contributed by atoms with van der Waals surface area (Å²) in [4.78, 5) is 26.3. The third kappa shape index (κ3) is 5.96. The Morgan fingerprint density at radius 3 is 2.55 bits per heavy atom. The van der Waals surface area contributed by atoms with Crippen molar-refractivity contribution in [1.82, 2.24) is 15.2 Å². The van der Waals surface area contributed by atoms with Gasteiger partial charge in [-0.25, -0.2) is 0 Å². The minimum atomic E-state index is -0.250. The molecule has 0 saturated heterocycles. The second-order valence-corrected chi connectivity index (χ2v) is 7.17. The van der Waals surface area contributed by atoms with Crippen LogP contribution in [0.15, 0.2) is 34.7 Å². The van der Waals surface area contributed by atoms with Crippen LogP contribution in [0.25, 0.3) is 22.2 Å². The van der Waals surface area contributed by atoms with Crippen molar-refractivity contribution in [3.05, 3.63) is 47.3 Å². The van der Waals surface area contributed by atoms with Gasteiger partial charge >= 0.3 is 0 Å². The van der Waals surface area contributed by atoms with Gasteiger partial charge in [-0.05, 0) is 83.2 Å². The van der Waals surface area contributed by atoms with E-state index in [1.54, 1.807) is 0 Å².